The van der Waals surface area contributed by atoms with E-state index in [2.05, 4.69) is 18.8 Å². The molecule has 0 bridgehead atoms. The molecule has 0 radical (unpaired) electrons. The Balaban J connectivity index is 2.85. The Labute approximate surface area is 114 Å². The Kier molecular flexibility index (Phi) is 6.37. The SMILES string of the molecule is C=C(C)CCC(NCCC)c1cc(Cl)ccc1F. The molecule has 1 N–H and O–H groups in total. The van der Waals surface area contributed by atoms with Crippen LogP contribution in [0.25, 0.3) is 0 Å². The summed E-state index contributed by atoms with van der Waals surface area (Å²) in [7, 11) is 0. The molecule has 18 heavy (non-hydrogen) atoms. The smallest absolute Gasteiger partial charge is 0.128 e. The van der Waals surface area contributed by atoms with Crippen LogP contribution < -0.4 is 5.32 Å². The summed E-state index contributed by atoms with van der Waals surface area (Å²) in [5, 5.41) is 3.94. The summed E-state index contributed by atoms with van der Waals surface area (Å²) in [4.78, 5) is 0. The Morgan fingerprint density at radius 1 is 1.50 bits per heavy atom. The van der Waals surface area contributed by atoms with Crippen LogP contribution in [0, 0.1) is 5.82 Å². The second-order valence-electron chi connectivity index (χ2n) is 4.67. The van der Waals surface area contributed by atoms with Gasteiger partial charge in [0.15, 0.2) is 0 Å². The van der Waals surface area contributed by atoms with Crippen molar-refractivity contribution in [2.24, 2.45) is 0 Å². The molecule has 1 nitrogen and oxygen atoms in total. The standard InChI is InChI=1S/C15H21ClFN/c1-4-9-18-15(8-5-11(2)3)13-10-12(16)6-7-14(13)17/h6-7,10,15,18H,2,4-5,8-9H2,1,3H3. The molecule has 0 aromatic heterocycles. The minimum absolute atomic E-state index is 0.000324. The maximum atomic E-state index is 13.9. The zero-order valence-electron chi connectivity index (χ0n) is 11.1. The zero-order chi connectivity index (χ0) is 13.5. The third-order valence-corrected chi connectivity index (χ3v) is 3.07. The molecule has 0 aliphatic heterocycles. The van der Waals surface area contributed by atoms with Crippen LogP contribution in [0.15, 0.2) is 30.4 Å². The highest BCUT2D eigenvalue weighted by molar-refractivity contribution is 6.30. The average Bonchev–Trinajstić information content (AvgIpc) is 2.32. The molecule has 0 aliphatic rings. The van der Waals surface area contributed by atoms with Crippen LogP contribution in [-0.4, -0.2) is 6.54 Å². The number of nitrogens with one attached hydrogen (secondary N) is 1. The van der Waals surface area contributed by atoms with Crippen LogP contribution in [0.4, 0.5) is 4.39 Å². The van der Waals surface area contributed by atoms with E-state index in [1.807, 2.05) is 6.92 Å². The highest BCUT2D eigenvalue weighted by atomic mass is 35.5. The summed E-state index contributed by atoms with van der Waals surface area (Å²) in [6.45, 7) is 8.85. The Morgan fingerprint density at radius 3 is 2.83 bits per heavy atom. The van der Waals surface area contributed by atoms with Crippen LogP contribution in [0.5, 0.6) is 0 Å². The van der Waals surface area contributed by atoms with Crippen molar-refractivity contribution in [2.75, 3.05) is 6.54 Å². The third kappa shape index (κ3) is 4.79. The van der Waals surface area contributed by atoms with Crippen LogP contribution in [0.1, 0.15) is 44.7 Å². The number of benzene rings is 1. The zero-order valence-corrected chi connectivity index (χ0v) is 11.9. The van der Waals surface area contributed by atoms with Gasteiger partial charge in [-0.15, -0.1) is 6.58 Å². The van der Waals surface area contributed by atoms with Crippen molar-refractivity contribution < 1.29 is 4.39 Å². The van der Waals surface area contributed by atoms with E-state index < -0.39 is 0 Å². The van der Waals surface area contributed by atoms with Crippen molar-refractivity contribution >= 4 is 11.6 Å². The largest absolute Gasteiger partial charge is 0.310 e. The number of allylic oxidation sites excluding steroid dienone is 1. The average molecular weight is 270 g/mol. The second kappa shape index (κ2) is 7.55. The summed E-state index contributed by atoms with van der Waals surface area (Å²) >= 11 is 5.95. The monoisotopic (exact) mass is 269 g/mol. The molecule has 3 heteroatoms. The van der Waals surface area contributed by atoms with Gasteiger partial charge in [0.05, 0.1) is 0 Å². The van der Waals surface area contributed by atoms with E-state index in [4.69, 9.17) is 11.6 Å². The fourth-order valence-corrected chi connectivity index (χ4v) is 2.04. The quantitative estimate of drug-likeness (QED) is 0.696. The van der Waals surface area contributed by atoms with Gasteiger partial charge in [0.1, 0.15) is 5.82 Å². The molecule has 0 saturated heterocycles. The van der Waals surface area contributed by atoms with Crippen LogP contribution >= 0.6 is 11.6 Å². The van der Waals surface area contributed by atoms with Gasteiger partial charge in [-0.1, -0.05) is 24.1 Å². The van der Waals surface area contributed by atoms with Gasteiger partial charge in [-0.3, -0.25) is 0 Å². The summed E-state index contributed by atoms with van der Waals surface area (Å²) in [6.07, 6.45) is 2.74. The van der Waals surface area contributed by atoms with Crippen molar-refractivity contribution in [1.82, 2.24) is 5.32 Å². The minimum atomic E-state index is -0.199. The molecular formula is C15H21ClFN. The van der Waals surface area contributed by atoms with E-state index in [1.54, 1.807) is 12.1 Å². The lowest BCUT2D eigenvalue weighted by Crippen LogP contribution is -2.23. The molecule has 0 aliphatic carbocycles. The lowest BCUT2D eigenvalue weighted by Gasteiger charge is -2.20. The molecular weight excluding hydrogens is 249 g/mol. The first-order valence-corrected chi connectivity index (χ1v) is 6.75. The normalized spacial score (nSPS) is 12.4. The minimum Gasteiger partial charge on any atom is -0.310 e. The van der Waals surface area contributed by atoms with Gasteiger partial charge in [0.25, 0.3) is 0 Å². The first-order valence-electron chi connectivity index (χ1n) is 6.37. The number of halogens is 2. The highest BCUT2D eigenvalue weighted by Crippen LogP contribution is 2.25. The lowest BCUT2D eigenvalue weighted by molar-refractivity contribution is 0.473. The van der Waals surface area contributed by atoms with Crippen molar-refractivity contribution in [2.45, 2.75) is 39.2 Å². The van der Waals surface area contributed by atoms with Gasteiger partial charge in [0, 0.05) is 16.6 Å². The molecule has 0 amide bonds. The predicted octanol–water partition coefficient (Wildman–Crippen LogP) is 4.88. The van der Waals surface area contributed by atoms with Crippen molar-refractivity contribution in [1.29, 1.82) is 0 Å². The summed E-state index contributed by atoms with van der Waals surface area (Å²) in [6, 6.07) is 4.72. The first-order chi connectivity index (χ1) is 8.54. The molecule has 1 aromatic carbocycles. The van der Waals surface area contributed by atoms with Crippen LogP contribution in [-0.2, 0) is 0 Å². The van der Waals surface area contributed by atoms with Crippen molar-refractivity contribution in [3.63, 3.8) is 0 Å². The molecule has 0 spiro atoms. The second-order valence-corrected chi connectivity index (χ2v) is 5.10. The fourth-order valence-electron chi connectivity index (χ4n) is 1.86. The predicted molar refractivity (Wildman–Crippen MR) is 76.5 cm³/mol. The van der Waals surface area contributed by atoms with Gasteiger partial charge in [-0.05, 0) is 50.9 Å². The van der Waals surface area contributed by atoms with E-state index in [1.165, 1.54) is 6.07 Å². The van der Waals surface area contributed by atoms with Crippen LogP contribution in [0.3, 0.4) is 0 Å². The Morgan fingerprint density at radius 2 is 2.22 bits per heavy atom. The highest BCUT2D eigenvalue weighted by Gasteiger charge is 2.15. The molecule has 100 valence electrons. The van der Waals surface area contributed by atoms with Crippen LogP contribution in [0.2, 0.25) is 5.02 Å². The Hall–Kier alpha value is -0.860. The van der Waals surface area contributed by atoms with Gasteiger partial charge in [0.2, 0.25) is 0 Å². The maximum absolute atomic E-state index is 13.9. The van der Waals surface area contributed by atoms with Gasteiger partial charge in [-0.2, -0.15) is 0 Å². The van der Waals surface area contributed by atoms with Crippen molar-refractivity contribution in [3.05, 3.63) is 46.8 Å². The molecule has 1 aromatic rings. The van der Waals surface area contributed by atoms with E-state index in [0.29, 0.717) is 10.6 Å². The third-order valence-electron chi connectivity index (χ3n) is 2.83. The number of hydrogen-bond donors (Lipinski definition) is 1. The summed E-state index contributed by atoms with van der Waals surface area (Å²) in [5.74, 6) is -0.199. The molecule has 1 rings (SSSR count). The lowest BCUT2D eigenvalue weighted by atomic mass is 9.99. The van der Waals surface area contributed by atoms with E-state index in [0.717, 1.165) is 31.4 Å². The fraction of sp³-hybridized carbons (Fsp3) is 0.467. The molecule has 1 unspecified atom stereocenters. The molecule has 0 saturated carbocycles. The van der Waals surface area contributed by atoms with Gasteiger partial charge in [-0.25, -0.2) is 4.39 Å². The first kappa shape index (κ1) is 15.2. The van der Waals surface area contributed by atoms with Gasteiger partial charge >= 0.3 is 0 Å². The van der Waals surface area contributed by atoms with E-state index in [9.17, 15) is 4.39 Å². The summed E-state index contributed by atoms with van der Waals surface area (Å²) < 4.78 is 13.9. The summed E-state index contributed by atoms with van der Waals surface area (Å²) in [5.41, 5.74) is 1.76. The van der Waals surface area contributed by atoms with Gasteiger partial charge < -0.3 is 5.32 Å². The molecule has 1 atom stereocenters. The number of rotatable bonds is 7. The Bertz CT molecular complexity index is 403. The van der Waals surface area contributed by atoms with E-state index >= 15 is 0 Å². The van der Waals surface area contributed by atoms with E-state index in [-0.39, 0.29) is 11.9 Å². The topological polar surface area (TPSA) is 12.0 Å². The van der Waals surface area contributed by atoms with Crippen molar-refractivity contribution in [3.8, 4) is 0 Å². The maximum Gasteiger partial charge on any atom is 0.128 e. The molecule has 0 fully saturated rings. The number of hydrogen-bond acceptors (Lipinski definition) is 1. The molecule has 0 heterocycles.